The second-order valence-electron chi connectivity index (χ2n) is 4.31. The maximum atomic E-state index is 11.5. The lowest BCUT2D eigenvalue weighted by molar-refractivity contribution is -0.138. The Morgan fingerprint density at radius 2 is 2.10 bits per heavy atom. The summed E-state index contributed by atoms with van der Waals surface area (Å²) in [7, 11) is 1.55. The van der Waals surface area contributed by atoms with Crippen LogP contribution in [-0.2, 0) is 4.79 Å². The van der Waals surface area contributed by atoms with Crippen molar-refractivity contribution in [3.63, 3.8) is 0 Å². The Morgan fingerprint density at radius 3 is 2.71 bits per heavy atom. The molecule has 21 heavy (non-hydrogen) atoms. The van der Waals surface area contributed by atoms with E-state index in [2.05, 4.69) is 21.2 Å². The average Bonchev–Trinajstić information content (AvgIpc) is 2.45. The second kappa shape index (κ2) is 6.83. The number of rotatable bonds is 5. The second-order valence-corrected chi connectivity index (χ2v) is 5.64. The molecule has 1 unspecified atom stereocenters. The minimum absolute atomic E-state index is 0.382. The highest BCUT2D eigenvalue weighted by Gasteiger charge is 2.22. The maximum absolute atomic E-state index is 11.5. The van der Waals surface area contributed by atoms with Gasteiger partial charge in [0.1, 0.15) is 5.75 Å². The van der Waals surface area contributed by atoms with Crippen molar-refractivity contribution in [3.8, 4) is 5.75 Å². The molecular formula is C15H13BrClNO3. The van der Waals surface area contributed by atoms with Crippen LogP contribution in [0.15, 0.2) is 46.9 Å². The van der Waals surface area contributed by atoms with Crippen molar-refractivity contribution in [2.75, 3.05) is 12.4 Å². The van der Waals surface area contributed by atoms with Gasteiger partial charge in [0, 0.05) is 26.8 Å². The van der Waals surface area contributed by atoms with Crippen LogP contribution in [0.25, 0.3) is 0 Å². The fourth-order valence-corrected chi connectivity index (χ4v) is 2.67. The van der Waals surface area contributed by atoms with Crippen LogP contribution in [0, 0.1) is 0 Å². The van der Waals surface area contributed by atoms with Gasteiger partial charge in [-0.15, -0.1) is 0 Å². The first-order valence-corrected chi connectivity index (χ1v) is 7.26. The van der Waals surface area contributed by atoms with E-state index in [0.29, 0.717) is 22.0 Å². The third-order valence-corrected chi connectivity index (χ3v) is 3.72. The first kappa shape index (κ1) is 15.7. The largest absolute Gasteiger partial charge is 0.497 e. The van der Waals surface area contributed by atoms with Crippen LogP contribution in [0.2, 0.25) is 5.02 Å². The Hall–Kier alpha value is -1.72. The summed E-state index contributed by atoms with van der Waals surface area (Å²) in [5.41, 5.74) is 1.14. The van der Waals surface area contributed by atoms with Crippen molar-refractivity contribution in [2.45, 2.75) is 6.04 Å². The molecule has 0 heterocycles. The fraction of sp³-hybridized carbons (Fsp3) is 0.133. The summed E-state index contributed by atoms with van der Waals surface area (Å²) in [6.45, 7) is 0. The number of hydrogen-bond donors (Lipinski definition) is 2. The Morgan fingerprint density at radius 1 is 1.33 bits per heavy atom. The third-order valence-electron chi connectivity index (χ3n) is 2.90. The molecule has 0 saturated carbocycles. The number of halogens is 2. The molecule has 2 rings (SSSR count). The molecule has 0 fully saturated rings. The summed E-state index contributed by atoms with van der Waals surface area (Å²) < 4.78 is 5.92. The van der Waals surface area contributed by atoms with Crippen LogP contribution >= 0.6 is 27.5 Å². The molecule has 0 bridgehead atoms. The van der Waals surface area contributed by atoms with Crippen LogP contribution < -0.4 is 10.1 Å². The van der Waals surface area contributed by atoms with E-state index in [0.717, 1.165) is 4.47 Å². The normalized spacial score (nSPS) is 11.8. The topological polar surface area (TPSA) is 58.6 Å². The zero-order valence-corrected chi connectivity index (χ0v) is 13.5. The number of aliphatic carboxylic acids is 1. The number of carbonyl (C=O) groups is 1. The molecule has 0 amide bonds. The van der Waals surface area contributed by atoms with Gasteiger partial charge in [-0.1, -0.05) is 39.7 Å². The molecule has 0 spiro atoms. The summed E-state index contributed by atoms with van der Waals surface area (Å²) in [4.78, 5) is 11.5. The van der Waals surface area contributed by atoms with Crippen molar-refractivity contribution in [1.29, 1.82) is 0 Å². The molecular weight excluding hydrogens is 358 g/mol. The van der Waals surface area contributed by atoms with Gasteiger partial charge in [0.2, 0.25) is 0 Å². The smallest absolute Gasteiger partial charge is 0.330 e. The number of methoxy groups -OCH3 is 1. The molecule has 0 saturated heterocycles. The van der Waals surface area contributed by atoms with Gasteiger partial charge in [-0.2, -0.15) is 0 Å². The molecule has 2 aromatic rings. The molecule has 0 radical (unpaired) electrons. The molecule has 2 aromatic carbocycles. The molecule has 2 N–H and O–H groups in total. The summed E-state index contributed by atoms with van der Waals surface area (Å²) in [5, 5.41) is 12.8. The van der Waals surface area contributed by atoms with E-state index in [4.69, 9.17) is 16.3 Å². The van der Waals surface area contributed by atoms with Crippen molar-refractivity contribution >= 4 is 39.2 Å². The SMILES string of the molecule is COc1cccc(NC(C(=O)O)c2ccc(Br)cc2Cl)c1. The van der Waals surface area contributed by atoms with Gasteiger partial charge in [-0.3, -0.25) is 0 Å². The number of benzene rings is 2. The molecule has 110 valence electrons. The first-order chi connectivity index (χ1) is 10.0. The van der Waals surface area contributed by atoms with Crippen LogP contribution in [0.4, 0.5) is 5.69 Å². The Kier molecular flexibility index (Phi) is 5.09. The lowest BCUT2D eigenvalue weighted by atomic mass is 10.1. The Bertz CT molecular complexity index is 663. The summed E-state index contributed by atoms with van der Waals surface area (Å²) >= 11 is 9.43. The number of carboxylic acid groups (broad SMARTS) is 1. The van der Waals surface area contributed by atoms with E-state index < -0.39 is 12.0 Å². The van der Waals surface area contributed by atoms with Crippen molar-refractivity contribution in [2.24, 2.45) is 0 Å². The minimum Gasteiger partial charge on any atom is -0.497 e. The molecule has 1 atom stereocenters. The van der Waals surface area contributed by atoms with Gasteiger partial charge in [0.25, 0.3) is 0 Å². The van der Waals surface area contributed by atoms with Gasteiger partial charge in [0.05, 0.1) is 7.11 Å². The van der Waals surface area contributed by atoms with Gasteiger partial charge >= 0.3 is 5.97 Å². The molecule has 6 heteroatoms. The van der Waals surface area contributed by atoms with Gasteiger partial charge < -0.3 is 15.2 Å². The quantitative estimate of drug-likeness (QED) is 0.821. The van der Waals surface area contributed by atoms with E-state index in [1.807, 2.05) is 0 Å². The summed E-state index contributed by atoms with van der Waals surface area (Å²) in [5.74, 6) is -0.368. The highest BCUT2D eigenvalue weighted by molar-refractivity contribution is 9.10. The highest BCUT2D eigenvalue weighted by Crippen LogP contribution is 2.30. The predicted molar refractivity (Wildman–Crippen MR) is 86.1 cm³/mol. The number of ether oxygens (including phenoxy) is 1. The Labute approximate surface area is 135 Å². The van der Waals surface area contributed by atoms with Crippen molar-refractivity contribution in [1.82, 2.24) is 0 Å². The monoisotopic (exact) mass is 369 g/mol. The number of hydrogen-bond acceptors (Lipinski definition) is 3. The standard InChI is InChI=1S/C15H13BrClNO3/c1-21-11-4-2-3-10(8-11)18-14(15(19)20)12-6-5-9(16)7-13(12)17/h2-8,14,18H,1H3,(H,19,20). The zero-order valence-electron chi connectivity index (χ0n) is 11.1. The molecule has 0 aliphatic heterocycles. The number of nitrogens with one attached hydrogen (secondary N) is 1. The lowest BCUT2D eigenvalue weighted by Gasteiger charge is -2.18. The third kappa shape index (κ3) is 3.89. The summed E-state index contributed by atoms with van der Waals surface area (Å²) in [6, 6.07) is 11.2. The molecule has 0 aromatic heterocycles. The molecule has 4 nitrogen and oxygen atoms in total. The first-order valence-electron chi connectivity index (χ1n) is 6.09. The van der Waals surface area contributed by atoms with E-state index in [1.54, 1.807) is 49.6 Å². The van der Waals surface area contributed by atoms with Crippen LogP contribution in [-0.4, -0.2) is 18.2 Å². The Balaban J connectivity index is 2.33. The maximum Gasteiger partial charge on any atom is 0.330 e. The fourth-order valence-electron chi connectivity index (χ4n) is 1.89. The van der Waals surface area contributed by atoms with E-state index >= 15 is 0 Å². The molecule has 0 aliphatic rings. The zero-order chi connectivity index (χ0) is 15.4. The van der Waals surface area contributed by atoms with Crippen LogP contribution in [0.5, 0.6) is 5.75 Å². The lowest BCUT2D eigenvalue weighted by Crippen LogP contribution is -2.20. The van der Waals surface area contributed by atoms with E-state index in [1.165, 1.54) is 0 Å². The van der Waals surface area contributed by atoms with Crippen LogP contribution in [0.1, 0.15) is 11.6 Å². The van der Waals surface area contributed by atoms with Gasteiger partial charge in [-0.05, 0) is 24.3 Å². The highest BCUT2D eigenvalue weighted by atomic mass is 79.9. The van der Waals surface area contributed by atoms with E-state index in [9.17, 15) is 9.90 Å². The number of anilines is 1. The average molecular weight is 371 g/mol. The van der Waals surface area contributed by atoms with Crippen molar-refractivity contribution in [3.05, 3.63) is 57.5 Å². The summed E-state index contributed by atoms with van der Waals surface area (Å²) in [6.07, 6.45) is 0. The number of carboxylic acids is 1. The van der Waals surface area contributed by atoms with Crippen molar-refractivity contribution < 1.29 is 14.6 Å². The van der Waals surface area contributed by atoms with Crippen LogP contribution in [0.3, 0.4) is 0 Å². The van der Waals surface area contributed by atoms with E-state index in [-0.39, 0.29) is 0 Å². The molecule has 0 aliphatic carbocycles. The van der Waals surface area contributed by atoms with Gasteiger partial charge in [0.15, 0.2) is 6.04 Å². The van der Waals surface area contributed by atoms with Gasteiger partial charge in [-0.25, -0.2) is 4.79 Å². The predicted octanol–water partition coefficient (Wildman–Crippen LogP) is 4.35. The minimum atomic E-state index is -1.01.